The second kappa shape index (κ2) is 10.4. The van der Waals surface area contributed by atoms with E-state index in [0.717, 1.165) is 0 Å². The van der Waals surface area contributed by atoms with E-state index >= 15 is 0 Å². The van der Waals surface area contributed by atoms with Crippen molar-refractivity contribution in [2.45, 2.75) is 6.61 Å². The summed E-state index contributed by atoms with van der Waals surface area (Å²) in [4.78, 5) is 19.2. The van der Waals surface area contributed by atoms with Crippen LogP contribution in [-0.2, 0) is 6.61 Å². The molecular formula is C25H17ClFN5O2. The van der Waals surface area contributed by atoms with Gasteiger partial charge in [0.15, 0.2) is 0 Å². The van der Waals surface area contributed by atoms with Crippen LogP contribution in [0, 0.1) is 17.1 Å². The molecule has 0 unspecified atom stereocenters. The van der Waals surface area contributed by atoms with Crippen molar-refractivity contribution in [3.63, 3.8) is 0 Å². The number of aromatic nitrogens is 2. The fraction of sp³-hybridized carbons (Fsp3) is 0.0400. The van der Waals surface area contributed by atoms with Gasteiger partial charge in [0.2, 0.25) is 5.95 Å². The summed E-state index contributed by atoms with van der Waals surface area (Å²) in [6, 6.07) is 22.0. The van der Waals surface area contributed by atoms with Crippen LogP contribution in [0.2, 0.25) is 5.02 Å². The van der Waals surface area contributed by atoms with Gasteiger partial charge in [-0.25, -0.2) is 14.8 Å². The second-order valence-electron chi connectivity index (χ2n) is 7.05. The Kier molecular flexibility index (Phi) is 6.96. The summed E-state index contributed by atoms with van der Waals surface area (Å²) in [5.41, 5.74) is 3.76. The molecule has 4 aromatic rings. The molecule has 7 nitrogen and oxygen atoms in total. The SMILES string of the molecule is N#Cc1c(-c2ccccc2)nc(NN=Cc2cc(Cl)ccc2OCc2ccccc2F)[nH]c1=O. The minimum Gasteiger partial charge on any atom is -0.488 e. The third-order valence-corrected chi connectivity index (χ3v) is 5.00. The van der Waals surface area contributed by atoms with Crippen LogP contribution < -0.4 is 15.7 Å². The maximum atomic E-state index is 13.9. The van der Waals surface area contributed by atoms with Gasteiger partial charge in [-0.15, -0.1) is 0 Å². The highest BCUT2D eigenvalue weighted by Crippen LogP contribution is 2.23. The Bertz CT molecular complexity index is 1450. The predicted molar refractivity (Wildman–Crippen MR) is 128 cm³/mol. The minimum absolute atomic E-state index is 0.0213. The monoisotopic (exact) mass is 473 g/mol. The molecule has 1 heterocycles. The highest BCUT2D eigenvalue weighted by atomic mass is 35.5. The molecule has 9 heteroatoms. The number of hydrazone groups is 1. The molecule has 0 aliphatic carbocycles. The number of nitrogens with zero attached hydrogens (tertiary/aromatic N) is 3. The van der Waals surface area contributed by atoms with E-state index in [4.69, 9.17) is 16.3 Å². The number of H-pyrrole nitrogens is 1. The zero-order chi connectivity index (χ0) is 23.9. The lowest BCUT2D eigenvalue weighted by molar-refractivity contribution is 0.299. The van der Waals surface area contributed by atoms with Crippen LogP contribution >= 0.6 is 11.6 Å². The molecule has 0 atom stereocenters. The Morgan fingerprint density at radius 1 is 1.15 bits per heavy atom. The summed E-state index contributed by atoms with van der Waals surface area (Å²) in [6.07, 6.45) is 1.43. The molecule has 0 aliphatic rings. The van der Waals surface area contributed by atoms with Gasteiger partial charge >= 0.3 is 0 Å². The van der Waals surface area contributed by atoms with Crippen molar-refractivity contribution in [3.05, 3.63) is 111 Å². The summed E-state index contributed by atoms with van der Waals surface area (Å²) < 4.78 is 19.7. The van der Waals surface area contributed by atoms with Crippen molar-refractivity contribution in [2.24, 2.45) is 5.10 Å². The van der Waals surface area contributed by atoms with Gasteiger partial charge in [0.1, 0.15) is 29.8 Å². The number of nitriles is 1. The van der Waals surface area contributed by atoms with Crippen LogP contribution in [0.25, 0.3) is 11.3 Å². The fourth-order valence-corrected chi connectivity index (χ4v) is 3.30. The lowest BCUT2D eigenvalue weighted by Crippen LogP contribution is -2.16. The maximum absolute atomic E-state index is 13.9. The van der Waals surface area contributed by atoms with Crippen LogP contribution in [0.15, 0.2) is 82.7 Å². The van der Waals surface area contributed by atoms with E-state index in [1.807, 2.05) is 12.1 Å². The normalized spacial score (nSPS) is 10.7. The Balaban J connectivity index is 1.56. The van der Waals surface area contributed by atoms with Crippen LogP contribution in [0.4, 0.5) is 10.3 Å². The molecule has 0 bridgehead atoms. The van der Waals surface area contributed by atoms with Crippen molar-refractivity contribution < 1.29 is 9.13 Å². The zero-order valence-corrected chi connectivity index (χ0v) is 18.4. The summed E-state index contributed by atoms with van der Waals surface area (Å²) in [7, 11) is 0. The number of anilines is 1. The predicted octanol–water partition coefficient (Wildman–Crippen LogP) is 5.13. The van der Waals surface area contributed by atoms with Crippen molar-refractivity contribution >= 4 is 23.8 Å². The molecule has 0 amide bonds. The first kappa shape index (κ1) is 22.7. The lowest BCUT2D eigenvalue weighted by atomic mass is 10.1. The molecule has 0 fully saturated rings. The van der Waals surface area contributed by atoms with Gasteiger partial charge < -0.3 is 4.74 Å². The van der Waals surface area contributed by atoms with E-state index in [2.05, 4.69) is 20.5 Å². The first-order valence-electron chi connectivity index (χ1n) is 10.1. The topological polar surface area (TPSA) is 103 Å². The van der Waals surface area contributed by atoms with Crippen molar-refractivity contribution in [1.82, 2.24) is 9.97 Å². The Labute approximate surface area is 199 Å². The number of aromatic amines is 1. The van der Waals surface area contributed by atoms with Gasteiger partial charge in [-0.05, 0) is 24.3 Å². The van der Waals surface area contributed by atoms with Crippen molar-refractivity contribution in [3.8, 4) is 23.1 Å². The van der Waals surface area contributed by atoms with E-state index in [1.165, 1.54) is 12.3 Å². The summed E-state index contributed by atoms with van der Waals surface area (Å²) >= 11 is 6.11. The molecule has 34 heavy (non-hydrogen) atoms. The summed E-state index contributed by atoms with van der Waals surface area (Å²) in [5, 5.41) is 13.9. The molecule has 3 aromatic carbocycles. The largest absolute Gasteiger partial charge is 0.488 e. The molecule has 2 N–H and O–H groups in total. The number of nitrogens with one attached hydrogen (secondary N) is 2. The molecule has 0 saturated heterocycles. The fourth-order valence-electron chi connectivity index (χ4n) is 3.12. The highest BCUT2D eigenvalue weighted by Gasteiger charge is 2.13. The average Bonchev–Trinajstić information content (AvgIpc) is 2.84. The molecule has 4 rings (SSSR count). The molecule has 0 radical (unpaired) electrons. The zero-order valence-electron chi connectivity index (χ0n) is 17.6. The van der Waals surface area contributed by atoms with Gasteiger partial charge in [-0.1, -0.05) is 60.1 Å². The average molecular weight is 474 g/mol. The van der Waals surface area contributed by atoms with E-state index in [9.17, 15) is 14.4 Å². The number of ether oxygens (including phenoxy) is 1. The molecule has 0 saturated carbocycles. The van der Waals surface area contributed by atoms with Gasteiger partial charge in [-0.2, -0.15) is 10.4 Å². The smallest absolute Gasteiger partial charge is 0.270 e. The summed E-state index contributed by atoms with van der Waals surface area (Å²) in [5.74, 6) is 0.123. The summed E-state index contributed by atoms with van der Waals surface area (Å²) in [6.45, 7) is 0.0213. The Morgan fingerprint density at radius 3 is 2.68 bits per heavy atom. The number of halogens is 2. The standard InChI is InChI=1S/C25H17ClFN5O2/c26-19-10-11-22(34-15-17-8-4-5-9-21(17)27)18(12-19)14-29-32-25-30-23(16-6-2-1-3-7-16)20(13-28)24(33)31-25/h1-12,14H,15H2,(H2,30,31,32,33). The number of benzene rings is 3. The van der Waals surface area contributed by atoms with Gasteiger partial charge in [0.25, 0.3) is 5.56 Å². The van der Waals surface area contributed by atoms with Crippen molar-refractivity contribution in [1.29, 1.82) is 5.26 Å². The third-order valence-electron chi connectivity index (χ3n) is 4.77. The Hall–Kier alpha value is -4.48. The van der Waals surface area contributed by atoms with Crippen LogP contribution in [0.5, 0.6) is 5.75 Å². The molecule has 168 valence electrons. The Morgan fingerprint density at radius 2 is 1.91 bits per heavy atom. The number of rotatable bonds is 7. The van der Waals surface area contributed by atoms with Gasteiger partial charge in [0, 0.05) is 21.7 Å². The molecule has 1 aromatic heterocycles. The van der Waals surface area contributed by atoms with Crippen molar-refractivity contribution in [2.75, 3.05) is 5.43 Å². The number of hydrogen-bond donors (Lipinski definition) is 2. The highest BCUT2D eigenvalue weighted by molar-refractivity contribution is 6.30. The van der Waals surface area contributed by atoms with Gasteiger partial charge in [0.05, 0.1) is 11.9 Å². The van der Waals surface area contributed by atoms with E-state index < -0.39 is 5.56 Å². The van der Waals surface area contributed by atoms with E-state index in [-0.39, 0.29) is 29.6 Å². The first-order chi connectivity index (χ1) is 16.5. The first-order valence-corrected chi connectivity index (χ1v) is 10.5. The van der Waals surface area contributed by atoms with E-state index in [1.54, 1.807) is 60.7 Å². The third kappa shape index (κ3) is 5.28. The molecule has 0 aliphatic heterocycles. The second-order valence-corrected chi connectivity index (χ2v) is 7.48. The lowest BCUT2D eigenvalue weighted by Gasteiger charge is -2.10. The number of hydrogen-bond acceptors (Lipinski definition) is 6. The van der Waals surface area contributed by atoms with Crippen LogP contribution in [-0.4, -0.2) is 16.2 Å². The van der Waals surface area contributed by atoms with Gasteiger partial charge in [-0.3, -0.25) is 9.78 Å². The molecule has 0 spiro atoms. The van der Waals surface area contributed by atoms with Crippen LogP contribution in [0.1, 0.15) is 16.7 Å². The minimum atomic E-state index is -0.592. The maximum Gasteiger partial charge on any atom is 0.270 e. The van der Waals surface area contributed by atoms with E-state index in [0.29, 0.717) is 27.5 Å². The molecular weight excluding hydrogens is 457 g/mol. The van der Waals surface area contributed by atoms with Crippen LogP contribution in [0.3, 0.4) is 0 Å². The quantitative estimate of drug-likeness (QED) is 0.286.